The van der Waals surface area contributed by atoms with Crippen molar-refractivity contribution in [1.82, 2.24) is 5.32 Å². The molecule has 0 aliphatic heterocycles. The van der Waals surface area contributed by atoms with Gasteiger partial charge >= 0.3 is 12.1 Å². The molecule has 0 saturated heterocycles. The molecule has 0 saturated carbocycles. The molecular formula is C15H29NO4. The lowest BCUT2D eigenvalue weighted by Crippen LogP contribution is -2.47. The van der Waals surface area contributed by atoms with Gasteiger partial charge in [-0.25, -0.2) is 9.59 Å². The van der Waals surface area contributed by atoms with E-state index in [2.05, 4.69) is 12.2 Å². The molecular weight excluding hydrogens is 258 g/mol. The first-order valence-corrected chi connectivity index (χ1v) is 7.43. The molecule has 0 radical (unpaired) electrons. The monoisotopic (exact) mass is 287 g/mol. The van der Waals surface area contributed by atoms with Crippen molar-refractivity contribution in [1.29, 1.82) is 0 Å². The van der Waals surface area contributed by atoms with Gasteiger partial charge in [0, 0.05) is 0 Å². The second kappa shape index (κ2) is 8.82. The average molecular weight is 287 g/mol. The number of rotatable bonds is 8. The van der Waals surface area contributed by atoms with Crippen LogP contribution >= 0.6 is 0 Å². The van der Waals surface area contributed by atoms with E-state index in [0.29, 0.717) is 0 Å². The van der Waals surface area contributed by atoms with Crippen molar-refractivity contribution < 1.29 is 19.4 Å². The molecule has 0 aliphatic rings. The summed E-state index contributed by atoms with van der Waals surface area (Å²) in [6.07, 6.45) is 4.00. The summed E-state index contributed by atoms with van der Waals surface area (Å²) in [7, 11) is 0. The number of unbranched alkanes of at least 4 members (excludes halogenated alkanes) is 2. The Morgan fingerprint density at radius 1 is 1.20 bits per heavy atom. The van der Waals surface area contributed by atoms with Crippen LogP contribution in [0.25, 0.3) is 0 Å². The van der Waals surface area contributed by atoms with Crippen LogP contribution < -0.4 is 5.32 Å². The number of carbonyl (C=O) groups excluding carboxylic acids is 1. The summed E-state index contributed by atoms with van der Waals surface area (Å²) in [6.45, 7) is 9.31. The van der Waals surface area contributed by atoms with Crippen LogP contribution in [0.2, 0.25) is 0 Å². The predicted octanol–water partition coefficient (Wildman–Crippen LogP) is 3.57. The van der Waals surface area contributed by atoms with Gasteiger partial charge in [0.2, 0.25) is 0 Å². The molecule has 118 valence electrons. The topological polar surface area (TPSA) is 75.6 Å². The minimum atomic E-state index is -1.00. The van der Waals surface area contributed by atoms with Gasteiger partial charge in [-0.3, -0.25) is 0 Å². The number of carboxylic acids is 1. The Bertz CT molecular complexity index is 309. The van der Waals surface area contributed by atoms with Crippen LogP contribution in [0, 0.1) is 5.92 Å². The molecule has 20 heavy (non-hydrogen) atoms. The second-order valence-corrected chi connectivity index (χ2v) is 6.13. The third kappa shape index (κ3) is 8.02. The van der Waals surface area contributed by atoms with E-state index in [4.69, 9.17) is 4.74 Å². The van der Waals surface area contributed by atoms with Gasteiger partial charge in [0.1, 0.15) is 11.6 Å². The van der Waals surface area contributed by atoms with Gasteiger partial charge in [-0.2, -0.15) is 0 Å². The Balaban J connectivity index is 4.60. The Hall–Kier alpha value is -1.26. The molecule has 0 aliphatic carbocycles. The summed E-state index contributed by atoms with van der Waals surface area (Å²) in [4.78, 5) is 23.1. The van der Waals surface area contributed by atoms with Gasteiger partial charge < -0.3 is 15.2 Å². The van der Waals surface area contributed by atoms with Crippen molar-refractivity contribution in [3.63, 3.8) is 0 Å². The van der Waals surface area contributed by atoms with Crippen molar-refractivity contribution in [3.8, 4) is 0 Å². The van der Waals surface area contributed by atoms with Gasteiger partial charge in [0.05, 0.1) is 0 Å². The minimum absolute atomic E-state index is 0.0634. The minimum Gasteiger partial charge on any atom is -0.480 e. The number of aliphatic carboxylic acids is 1. The number of alkyl carbamates (subject to hydrolysis) is 1. The van der Waals surface area contributed by atoms with Crippen LogP contribution in [0.15, 0.2) is 0 Å². The first kappa shape index (κ1) is 18.7. The highest BCUT2D eigenvalue weighted by molar-refractivity contribution is 5.80. The van der Waals surface area contributed by atoms with Crippen LogP contribution in [0.4, 0.5) is 4.79 Å². The third-order valence-electron chi connectivity index (χ3n) is 3.11. The largest absolute Gasteiger partial charge is 0.480 e. The molecule has 5 nitrogen and oxygen atoms in total. The molecule has 0 unspecified atom stereocenters. The van der Waals surface area contributed by atoms with Crippen LogP contribution in [0.3, 0.4) is 0 Å². The van der Waals surface area contributed by atoms with Crippen molar-refractivity contribution >= 4 is 12.1 Å². The zero-order valence-corrected chi connectivity index (χ0v) is 13.4. The molecule has 2 N–H and O–H groups in total. The zero-order chi connectivity index (χ0) is 15.8. The summed E-state index contributed by atoms with van der Waals surface area (Å²) < 4.78 is 5.13. The maximum Gasteiger partial charge on any atom is 0.408 e. The number of nitrogens with one attached hydrogen (secondary N) is 1. The van der Waals surface area contributed by atoms with E-state index in [1.54, 1.807) is 20.8 Å². The lowest BCUT2D eigenvalue weighted by Gasteiger charge is -2.26. The SMILES string of the molecule is CCCCC[C@@H](CC)[C@@H](NC(=O)OC(C)(C)C)C(=O)O. The van der Waals surface area contributed by atoms with E-state index < -0.39 is 23.7 Å². The van der Waals surface area contributed by atoms with Crippen molar-refractivity contribution in [2.45, 2.75) is 78.4 Å². The second-order valence-electron chi connectivity index (χ2n) is 6.13. The molecule has 0 fully saturated rings. The summed E-state index contributed by atoms with van der Waals surface area (Å²) in [5, 5.41) is 11.8. The summed E-state index contributed by atoms with van der Waals surface area (Å²) >= 11 is 0. The quantitative estimate of drug-likeness (QED) is 0.669. The van der Waals surface area contributed by atoms with E-state index in [0.717, 1.165) is 32.1 Å². The lowest BCUT2D eigenvalue weighted by molar-refractivity contribution is -0.141. The molecule has 0 aromatic rings. The molecule has 0 aromatic heterocycles. The fourth-order valence-electron chi connectivity index (χ4n) is 2.08. The highest BCUT2D eigenvalue weighted by Crippen LogP contribution is 2.19. The van der Waals surface area contributed by atoms with E-state index in [1.807, 2.05) is 6.92 Å². The van der Waals surface area contributed by atoms with Gasteiger partial charge in [-0.05, 0) is 33.1 Å². The van der Waals surface area contributed by atoms with Gasteiger partial charge in [0.25, 0.3) is 0 Å². The fourth-order valence-corrected chi connectivity index (χ4v) is 2.08. The first-order valence-electron chi connectivity index (χ1n) is 7.43. The molecule has 0 aromatic carbocycles. The maximum atomic E-state index is 11.7. The number of ether oxygens (including phenoxy) is 1. The van der Waals surface area contributed by atoms with Crippen LogP contribution in [-0.2, 0) is 9.53 Å². The van der Waals surface area contributed by atoms with Crippen LogP contribution in [0.1, 0.15) is 66.7 Å². The number of carbonyl (C=O) groups is 2. The van der Waals surface area contributed by atoms with Crippen molar-refractivity contribution in [2.75, 3.05) is 0 Å². The Labute approximate surface area is 122 Å². The van der Waals surface area contributed by atoms with Gasteiger partial charge in [0.15, 0.2) is 0 Å². The van der Waals surface area contributed by atoms with E-state index in [9.17, 15) is 14.7 Å². The Kier molecular flexibility index (Phi) is 8.26. The zero-order valence-electron chi connectivity index (χ0n) is 13.4. The van der Waals surface area contributed by atoms with Crippen molar-refractivity contribution in [3.05, 3.63) is 0 Å². The van der Waals surface area contributed by atoms with Crippen LogP contribution in [0.5, 0.6) is 0 Å². The fraction of sp³-hybridized carbons (Fsp3) is 0.867. The summed E-state index contributed by atoms with van der Waals surface area (Å²) in [5.74, 6) is -1.06. The maximum absolute atomic E-state index is 11.7. The van der Waals surface area contributed by atoms with Gasteiger partial charge in [-0.15, -0.1) is 0 Å². The number of amides is 1. The average Bonchev–Trinajstić information content (AvgIpc) is 2.30. The highest BCUT2D eigenvalue weighted by Gasteiger charge is 2.29. The number of hydrogen-bond donors (Lipinski definition) is 2. The molecule has 2 atom stereocenters. The molecule has 0 spiro atoms. The molecule has 0 rings (SSSR count). The van der Waals surface area contributed by atoms with E-state index >= 15 is 0 Å². The Morgan fingerprint density at radius 2 is 1.80 bits per heavy atom. The Morgan fingerprint density at radius 3 is 2.20 bits per heavy atom. The lowest BCUT2D eigenvalue weighted by atomic mass is 9.91. The third-order valence-corrected chi connectivity index (χ3v) is 3.11. The summed E-state index contributed by atoms with van der Waals surface area (Å²) in [5.41, 5.74) is -0.628. The van der Waals surface area contributed by atoms with Crippen LogP contribution in [-0.4, -0.2) is 28.8 Å². The van der Waals surface area contributed by atoms with E-state index in [1.165, 1.54) is 0 Å². The smallest absolute Gasteiger partial charge is 0.408 e. The molecule has 5 heteroatoms. The highest BCUT2D eigenvalue weighted by atomic mass is 16.6. The van der Waals surface area contributed by atoms with E-state index in [-0.39, 0.29) is 5.92 Å². The molecule has 1 amide bonds. The molecule has 0 heterocycles. The summed E-state index contributed by atoms with van der Waals surface area (Å²) in [6, 6.07) is -0.883. The molecule has 0 bridgehead atoms. The number of hydrogen-bond acceptors (Lipinski definition) is 3. The standard InChI is InChI=1S/C15H29NO4/c1-6-8-9-10-11(7-2)12(13(17)18)16-14(19)20-15(3,4)5/h11-12H,6-10H2,1-5H3,(H,16,19)(H,17,18)/t11-,12-/m1/s1. The van der Waals surface area contributed by atoms with Gasteiger partial charge in [-0.1, -0.05) is 39.5 Å². The predicted molar refractivity (Wildman–Crippen MR) is 78.7 cm³/mol. The first-order chi connectivity index (χ1) is 9.21. The van der Waals surface area contributed by atoms with Crippen molar-refractivity contribution in [2.24, 2.45) is 5.92 Å². The normalized spacial score (nSPS) is 14.4. The number of carboxylic acid groups (broad SMARTS) is 1.